The summed E-state index contributed by atoms with van der Waals surface area (Å²) in [5.41, 5.74) is 0. The lowest BCUT2D eigenvalue weighted by Gasteiger charge is -2.34. The second kappa shape index (κ2) is 5.94. The largest absolute Gasteiger partial charge is 0.241 e. The fourth-order valence-corrected chi connectivity index (χ4v) is 5.04. The minimum absolute atomic E-state index is 0.0425. The molecule has 0 bridgehead atoms. The van der Waals surface area contributed by atoms with Crippen LogP contribution in [0.25, 0.3) is 0 Å². The highest BCUT2D eigenvalue weighted by Crippen LogP contribution is 2.31. The molecular weight excluding hydrogens is 326 g/mol. The van der Waals surface area contributed by atoms with Crippen molar-refractivity contribution < 1.29 is 8.42 Å². The number of nitrogens with one attached hydrogen (secondary N) is 1. The lowest BCUT2D eigenvalue weighted by molar-refractivity contribution is 0.227. The summed E-state index contributed by atoms with van der Waals surface area (Å²) in [6.07, 6.45) is 3.21. The summed E-state index contributed by atoms with van der Waals surface area (Å²) >= 11 is 3.30. The normalized spacial score (nSPS) is 28.3. The molecule has 0 spiro atoms. The van der Waals surface area contributed by atoms with Gasteiger partial charge in [0.1, 0.15) is 0 Å². The minimum Gasteiger partial charge on any atom is -0.208 e. The highest BCUT2D eigenvalue weighted by molar-refractivity contribution is 9.10. The van der Waals surface area contributed by atoms with E-state index in [0.29, 0.717) is 21.2 Å². The van der Waals surface area contributed by atoms with Gasteiger partial charge in [-0.2, -0.15) is 0 Å². The Bertz CT molecular complexity index is 544. The van der Waals surface area contributed by atoms with E-state index in [1.165, 1.54) is 6.42 Å². The third kappa shape index (κ3) is 3.38. The number of sulfonamides is 1. The molecule has 1 aromatic carbocycles. The Hall–Kier alpha value is -0.390. The molecule has 1 fully saturated rings. The van der Waals surface area contributed by atoms with Crippen LogP contribution in [0.5, 0.6) is 0 Å². The quantitative estimate of drug-likeness (QED) is 0.910. The van der Waals surface area contributed by atoms with Gasteiger partial charge in [0.25, 0.3) is 0 Å². The summed E-state index contributed by atoms with van der Waals surface area (Å²) in [7, 11) is -3.44. The summed E-state index contributed by atoms with van der Waals surface area (Å²) in [5, 5.41) is 0. The molecule has 5 heteroatoms. The van der Waals surface area contributed by atoms with Crippen LogP contribution < -0.4 is 4.72 Å². The van der Waals surface area contributed by atoms with E-state index in [-0.39, 0.29) is 6.04 Å². The van der Waals surface area contributed by atoms with Gasteiger partial charge in [-0.3, -0.25) is 0 Å². The number of rotatable bonds is 3. The van der Waals surface area contributed by atoms with E-state index in [1.54, 1.807) is 18.2 Å². The van der Waals surface area contributed by atoms with Crippen LogP contribution in [0.15, 0.2) is 33.6 Å². The van der Waals surface area contributed by atoms with Crippen LogP contribution >= 0.6 is 15.9 Å². The zero-order valence-electron chi connectivity index (χ0n) is 11.3. The van der Waals surface area contributed by atoms with Crippen molar-refractivity contribution in [2.75, 3.05) is 0 Å². The van der Waals surface area contributed by atoms with Crippen LogP contribution in [0.2, 0.25) is 0 Å². The van der Waals surface area contributed by atoms with Crippen LogP contribution in [-0.4, -0.2) is 14.5 Å². The molecule has 2 rings (SSSR count). The third-order valence-electron chi connectivity index (χ3n) is 4.14. The van der Waals surface area contributed by atoms with E-state index in [2.05, 4.69) is 34.5 Å². The Morgan fingerprint density at radius 1 is 1.21 bits per heavy atom. The first kappa shape index (κ1) is 15.0. The Morgan fingerprint density at radius 3 is 2.58 bits per heavy atom. The topological polar surface area (TPSA) is 46.2 Å². The first-order valence-electron chi connectivity index (χ1n) is 6.68. The Kier molecular flexibility index (Phi) is 4.69. The fraction of sp³-hybridized carbons (Fsp3) is 0.571. The molecule has 1 aliphatic carbocycles. The Morgan fingerprint density at radius 2 is 1.89 bits per heavy atom. The van der Waals surface area contributed by atoms with E-state index >= 15 is 0 Å². The first-order chi connectivity index (χ1) is 8.92. The third-order valence-corrected chi connectivity index (χ3v) is 6.64. The maximum Gasteiger partial charge on any atom is 0.241 e. The molecule has 1 aromatic rings. The van der Waals surface area contributed by atoms with Gasteiger partial charge in [0.05, 0.1) is 4.90 Å². The maximum atomic E-state index is 12.4. The maximum absolute atomic E-state index is 12.4. The van der Waals surface area contributed by atoms with E-state index in [1.807, 2.05) is 6.07 Å². The van der Waals surface area contributed by atoms with Crippen molar-refractivity contribution in [3.63, 3.8) is 0 Å². The van der Waals surface area contributed by atoms with E-state index in [0.717, 1.165) is 12.8 Å². The van der Waals surface area contributed by atoms with Gasteiger partial charge in [0.15, 0.2) is 0 Å². The molecule has 1 saturated carbocycles. The lowest BCUT2D eigenvalue weighted by Crippen LogP contribution is -2.43. The van der Waals surface area contributed by atoms with Gasteiger partial charge in [0.2, 0.25) is 10.0 Å². The molecule has 0 saturated heterocycles. The van der Waals surface area contributed by atoms with Crippen molar-refractivity contribution in [1.29, 1.82) is 0 Å². The van der Waals surface area contributed by atoms with E-state index < -0.39 is 10.0 Å². The second-order valence-corrected chi connectivity index (χ2v) is 7.96. The molecule has 0 aromatic heterocycles. The average molecular weight is 346 g/mol. The molecule has 106 valence electrons. The SMILES string of the molecule is C[C@@H]1[C@@H](C)CCC[C@H]1NS(=O)(=O)c1ccccc1Br. The summed E-state index contributed by atoms with van der Waals surface area (Å²) in [6, 6.07) is 6.98. The predicted molar refractivity (Wildman–Crippen MR) is 80.4 cm³/mol. The van der Waals surface area contributed by atoms with Crippen molar-refractivity contribution in [3.05, 3.63) is 28.7 Å². The van der Waals surface area contributed by atoms with Gasteiger partial charge >= 0.3 is 0 Å². The molecule has 1 aliphatic rings. The Balaban J connectivity index is 2.20. The van der Waals surface area contributed by atoms with Gasteiger partial charge in [0, 0.05) is 10.5 Å². The van der Waals surface area contributed by atoms with E-state index in [4.69, 9.17) is 0 Å². The first-order valence-corrected chi connectivity index (χ1v) is 8.96. The lowest BCUT2D eigenvalue weighted by atomic mass is 9.78. The summed E-state index contributed by atoms with van der Waals surface area (Å²) in [6.45, 7) is 4.33. The molecule has 19 heavy (non-hydrogen) atoms. The van der Waals surface area contributed by atoms with Crippen LogP contribution in [0.1, 0.15) is 33.1 Å². The van der Waals surface area contributed by atoms with E-state index in [9.17, 15) is 8.42 Å². The van der Waals surface area contributed by atoms with Gasteiger partial charge in [-0.05, 0) is 46.3 Å². The van der Waals surface area contributed by atoms with Crippen LogP contribution in [0.4, 0.5) is 0 Å². The second-order valence-electron chi connectivity index (χ2n) is 5.43. The zero-order chi connectivity index (χ0) is 14.0. The van der Waals surface area contributed by atoms with Gasteiger partial charge in [-0.15, -0.1) is 0 Å². The zero-order valence-corrected chi connectivity index (χ0v) is 13.7. The fourth-order valence-electron chi connectivity index (χ4n) is 2.67. The monoisotopic (exact) mass is 345 g/mol. The van der Waals surface area contributed by atoms with Crippen LogP contribution in [-0.2, 0) is 10.0 Å². The van der Waals surface area contributed by atoms with Crippen LogP contribution in [0, 0.1) is 11.8 Å². The van der Waals surface area contributed by atoms with Gasteiger partial charge < -0.3 is 0 Å². The Labute approximate surface area is 124 Å². The number of hydrogen-bond acceptors (Lipinski definition) is 2. The molecule has 3 atom stereocenters. The van der Waals surface area contributed by atoms with Crippen molar-refractivity contribution in [2.24, 2.45) is 11.8 Å². The smallest absolute Gasteiger partial charge is 0.208 e. The highest BCUT2D eigenvalue weighted by atomic mass is 79.9. The van der Waals surface area contributed by atoms with Gasteiger partial charge in [-0.1, -0.05) is 38.8 Å². The number of hydrogen-bond donors (Lipinski definition) is 1. The standard InChI is InChI=1S/C14H20BrNO2S/c1-10-6-5-8-13(11(10)2)16-19(17,18)14-9-4-3-7-12(14)15/h3-4,7,9-11,13,16H,5-6,8H2,1-2H3/t10-,11+,13+/m0/s1. The molecule has 0 radical (unpaired) electrons. The summed E-state index contributed by atoms with van der Waals surface area (Å²) in [5.74, 6) is 0.951. The van der Waals surface area contributed by atoms with Crippen molar-refractivity contribution in [1.82, 2.24) is 4.72 Å². The summed E-state index contributed by atoms with van der Waals surface area (Å²) in [4.78, 5) is 0.320. The predicted octanol–water partition coefficient (Wildman–Crippen LogP) is 3.55. The number of halogens is 1. The molecule has 0 unspecified atom stereocenters. The molecule has 1 N–H and O–H groups in total. The molecular formula is C14H20BrNO2S. The van der Waals surface area contributed by atoms with Crippen molar-refractivity contribution in [2.45, 2.75) is 44.0 Å². The van der Waals surface area contributed by atoms with Gasteiger partial charge in [-0.25, -0.2) is 13.1 Å². The average Bonchev–Trinajstić information content (AvgIpc) is 2.35. The molecule has 3 nitrogen and oxygen atoms in total. The van der Waals surface area contributed by atoms with Crippen molar-refractivity contribution >= 4 is 26.0 Å². The highest BCUT2D eigenvalue weighted by Gasteiger charge is 2.31. The molecule has 0 amide bonds. The minimum atomic E-state index is -3.44. The number of benzene rings is 1. The van der Waals surface area contributed by atoms with Crippen LogP contribution in [0.3, 0.4) is 0 Å². The molecule has 0 aliphatic heterocycles. The van der Waals surface area contributed by atoms with Crippen molar-refractivity contribution in [3.8, 4) is 0 Å². The summed E-state index contributed by atoms with van der Waals surface area (Å²) < 4.78 is 28.3. The molecule has 0 heterocycles.